The second-order valence-electron chi connectivity index (χ2n) is 6.45. The number of halogens is 1. The third-order valence-corrected chi connectivity index (χ3v) is 4.73. The van der Waals surface area contributed by atoms with Crippen molar-refractivity contribution < 1.29 is 19.1 Å². The molecule has 1 aliphatic heterocycles. The van der Waals surface area contributed by atoms with Gasteiger partial charge in [-0.25, -0.2) is 0 Å². The number of carbonyl (C=O) groups excluding carboxylic acids is 2. The molecule has 0 unspecified atom stereocenters. The number of amides is 2. The Morgan fingerprint density at radius 2 is 1.87 bits per heavy atom. The second-order valence-corrected chi connectivity index (χ2v) is 6.86. The number of hydrogen-bond acceptors (Lipinski definition) is 5. The molecular formula is C22H20ClN3O4. The molecule has 1 saturated heterocycles. The highest BCUT2D eigenvalue weighted by Crippen LogP contribution is 2.21. The normalized spacial score (nSPS) is 14.0. The van der Waals surface area contributed by atoms with Crippen LogP contribution in [0.2, 0.25) is 5.02 Å². The number of nitrogens with one attached hydrogen (secondary N) is 1. The van der Waals surface area contributed by atoms with Crippen LogP contribution in [-0.4, -0.2) is 49.6 Å². The molecule has 8 heteroatoms. The predicted molar refractivity (Wildman–Crippen MR) is 113 cm³/mol. The maximum absolute atomic E-state index is 12.4. The number of para-hydroxylation sites is 1. The summed E-state index contributed by atoms with van der Waals surface area (Å²) in [6.45, 7) is 2.16. The first-order valence-electron chi connectivity index (χ1n) is 9.33. The third-order valence-electron chi connectivity index (χ3n) is 4.40. The van der Waals surface area contributed by atoms with Crippen LogP contribution < -0.4 is 10.1 Å². The molecule has 154 valence electrons. The van der Waals surface area contributed by atoms with E-state index in [0.29, 0.717) is 48.3 Å². The van der Waals surface area contributed by atoms with E-state index in [1.807, 2.05) is 6.07 Å². The molecule has 2 aromatic carbocycles. The number of carbonyl (C=O) groups is 2. The number of nitriles is 1. The Hall–Kier alpha value is -3.34. The Labute approximate surface area is 179 Å². The lowest BCUT2D eigenvalue weighted by Crippen LogP contribution is -2.42. The zero-order valence-electron chi connectivity index (χ0n) is 16.1. The van der Waals surface area contributed by atoms with Crippen molar-refractivity contribution in [3.05, 3.63) is 64.7 Å². The van der Waals surface area contributed by atoms with Gasteiger partial charge in [-0.1, -0.05) is 35.9 Å². The minimum Gasteiger partial charge on any atom is -0.484 e. The van der Waals surface area contributed by atoms with Crippen molar-refractivity contribution in [2.75, 3.05) is 38.2 Å². The van der Waals surface area contributed by atoms with Crippen LogP contribution in [0.1, 0.15) is 5.56 Å². The summed E-state index contributed by atoms with van der Waals surface area (Å²) in [7, 11) is 0. The number of hydrogen-bond donors (Lipinski definition) is 1. The van der Waals surface area contributed by atoms with Crippen molar-refractivity contribution in [1.82, 2.24) is 4.90 Å². The first kappa shape index (κ1) is 21.4. The molecule has 1 N–H and O–H groups in total. The summed E-state index contributed by atoms with van der Waals surface area (Å²) in [5.74, 6) is -0.125. The number of anilines is 1. The minimum atomic E-state index is -0.554. The molecule has 0 aromatic heterocycles. The molecule has 1 aliphatic rings. The van der Waals surface area contributed by atoms with Crippen LogP contribution in [-0.2, 0) is 14.3 Å². The molecule has 0 radical (unpaired) electrons. The zero-order valence-corrected chi connectivity index (χ0v) is 16.9. The smallest absolute Gasteiger partial charge is 0.266 e. The van der Waals surface area contributed by atoms with Crippen molar-refractivity contribution in [3.63, 3.8) is 0 Å². The fourth-order valence-corrected chi connectivity index (χ4v) is 2.96. The lowest BCUT2D eigenvalue weighted by atomic mass is 10.1. The number of nitrogens with zero attached hydrogens (tertiary/aromatic N) is 2. The monoisotopic (exact) mass is 425 g/mol. The molecule has 0 aliphatic carbocycles. The molecule has 0 saturated carbocycles. The van der Waals surface area contributed by atoms with E-state index in [1.165, 1.54) is 6.08 Å². The highest BCUT2D eigenvalue weighted by Gasteiger charge is 2.17. The van der Waals surface area contributed by atoms with E-state index in [4.69, 9.17) is 21.1 Å². The van der Waals surface area contributed by atoms with Gasteiger partial charge in [0.1, 0.15) is 17.4 Å². The van der Waals surface area contributed by atoms with E-state index in [2.05, 4.69) is 5.32 Å². The molecule has 2 amide bonds. The van der Waals surface area contributed by atoms with Gasteiger partial charge < -0.3 is 19.7 Å². The van der Waals surface area contributed by atoms with Gasteiger partial charge in [0, 0.05) is 13.1 Å². The number of morpholine rings is 1. The molecule has 0 spiro atoms. The van der Waals surface area contributed by atoms with Gasteiger partial charge in [0.15, 0.2) is 6.61 Å². The van der Waals surface area contributed by atoms with E-state index in [9.17, 15) is 14.9 Å². The van der Waals surface area contributed by atoms with Crippen LogP contribution in [0.4, 0.5) is 5.69 Å². The first-order valence-corrected chi connectivity index (χ1v) is 9.70. The van der Waals surface area contributed by atoms with Crippen LogP contribution in [0.15, 0.2) is 54.1 Å². The molecule has 0 bridgehead atoms. The van der Waals surface area contributed by atoms with Gasteiger partial charge in [0.25, 0.3) is 11.8 Å². The Kier molecular flexibility index (Phi) is 7.44. The number of ether oxygens (including phenoxy) is 2. The molecule has 3 rings (SSSR count). The zero-order chi connectivity index (χ0) is 21.3. The molecule has 1 heterocycles. The lowest BCUT2D eigenvalue weighted by molar-refractivity contribution is -0.137. The van der Waals surface area contributed by atoms with Gasteiger partial charge in [-0.05, 0) is 35.9 Å². The molecule has 30 heavy (non-hydrogen) atoms. The largest absolute Gasteiger partial charge is 0.484 e. The van der Waals surface area contributed by atoms with Crippen LogP contribution in [0, 0.1) is 11.3 Å². The van der Waals surface area contributed by atoms with Gasteiger partial charge in [-0.15, -0.1) is 0 Å². The molecule has 7 nitrogen and oxygen atoms in total. The minimum absolute atomic E-state index is 0.0567. The van der Waals surface area contributed by atoms with Crippen molar-refractivity contribution >= 4 is 35.2 Å². The van der Waals surface area contributed by atoms with E-state index >= 15 is 0 Å². The van der Waals surface area contributed by atoms with Crippen LogP contribution >= 0.6 is 11.6 Å². The standard InChI is InChI=1S/C22H20ClN3O4/c23-19-3-1-2-4-20(19)25-22(28)17(14-24)13-16-5-7-18(8-6-16)30-15-21(27)26-9-11-29-12-10-26/h1-8,13H,9-12,15H2,(H,25,28)/b17-13-. The predicted octanol–water partition coefficient (Wildman–Crippen LogP) is 3.12. The molecule has 0 atom stereocenters. The van der Waals surface area contributed by atoms with Crippen LogP contribution in [0.5, 0.6) is 5.75 Å². The summed E-state index contributed by atoms with van der Waals surface area (Å²) in [6, 6.07) is 15.4. The quantitative estimate of drug-likeness (QED) is 0.567. The summed E-state index contributed by atoms with van der Waals surface area (Å²) >= 11 is 6.03. The van der Waals surface area contributed by atoms with Crippen molar-refractivity contribution in [1.29, 1.82) is 5.26 Å². The molecular weight excluding hydrogens is 406 g/mol. The molecule has 1 fully saturated rings. The fraction of sp³-hybridized carbons (Fsp3) is 0.227. The summed E-state index contributed by atoms with van der Waals surface area (Å²) in [5, 5.41) is 12.3. The first-order chi connectivity index (χ1) is 14.6. The van der Waals surface area contributed by atoms with E-state index in [-0.39, 0.29) is 18.1 Å². The second kappa shape index (κ2) is 10.4. The SMILES string of the molecule is N#C/C(=C/c1ccc(OCC(=O)N2CCOCC2)cc1)C(=O)Nc1ccccc1Cl. The number of benzene rings is 2. The van der Waals surface area contributed by atoms with Crippen LogP contribution in [0.25, 0.3) is 6.08 Å². The Morgan fingerprint density at radius 1 is 1.17 bits per heavy atom. The van der Waals surface area contributed by atoms with Gasteiger partial charge in [0.05, 0.1) is 23.9 Å². The fourth-order valence-electron chi connectivity index (χ4n) is 2.78. The highest BCUT2D eigenvalue weighted by molar-refractivity contribution is 6.34. The Balaban J connectivity index is 1.59. The van der Waals surface area contributed by atoms with Crippen molar-refractivity contribution in [3.8, 4) is 11.8 Å². The Morgan fingerprint density at radius 3 is 2.53 bits per heavy atom. The summed E-state index contributed by atoms with van der Waals surface area (Å²) < 4.78 is 10.8. The molecule has 2 aromatic rings. The van der Waals surface area contributed by atoms with Crippen molar-refractivity contribution in [2.24, 2.45) is 0 Å². The van der Waals surface area contributed by atoms with Crippen LogP contribution in [0.3, 0.4) is 0 Å². The van der Waals surface area contributed by atoms with Crippen molar-refractivity contribution in [2.45, 2.75) is 0 Å². The average Bonchev–Trinajstić information content (AvgIpc) is 2.78. The number of rotatable bonds is 6. The summed E-state index contributed by atoms with van der Waals surface area (Å²) in [5.41, 5.74) is 1.01. The third kappa shape index (κ3) is 5.83. The van der Waals surface area contributed by atoms with Gasteiger partial charge in [-0.2, -0.15) is 5.26 Å². The summed E-state index contributed by atoms with van der Waals surface area (Å²) in [6.07, 6.45) is 1.47. The van der Waals surface area contributed by atoms with Gasteiger partial charge in [-0.3, -0.25) is 9.59 Å². The van der Waals surface area contributed by atoms with E-state index < -0.39 is 5.91 Å². The summed E-state index contributed by atoms with van der Waals surface area (Å²) in [4.78, 5) is 26.2. The van der Waals surface area contributed by atoms with Gasteiger partial charge in [0.2, 0.25) is 0 Å². The van der Waals surface area contributed by atoms with E-state index in [1.54, 1.807) is 53.4 Å². The lowest BCUT2D eigenvalue weighted by Gasteiger charge is -2.26. The maximum Gasteiger partial charge on any atom is 0.266 e. The Bertz CT molecular complexity index is 977. The van der Waals surface area contributed by atoms with E-state index in [0.717, 1.165) is 0 Å². The average molecular weight is 426 g/mol. The van der Waals surface area contributed by atoms with Gasteiger partial charge >= 0.3 is 0 Å². The maximum atomic E-state index is 12.4. The highest BCUT2D eigenvalue weighted by atomic mass is 35.5. The topological polar surface area (TPSA) is 91.7 Å².